The summed E-state index contributed by atoms with van der Waals surface area (Å²) < 4.78 is 5.14. The number of nitrogens with zero attached hydrogens (tertiary/aromatic N) is 2. The molecule has 2 fully saturated rings. The van der Waals surface area contributed by atoms with Crippen molar-refractivity contribution in [2.24, 2.45) is 0 Å². The normalized spacial score (nSPS) is 21.0. The lowest BCUT2D eigenvalue weighted by Crippen LogP contribution is -2.46. The number of benzene rings is 1. The molecule has 1 saturated carbocycles. The minimum atomic E-state index is -1.23. The lowest BCUT2D eigenvalue weighted by molar-refractivity contribution is -0.140. The Labute approximate surface area is 169 Å². The largest absolute Gasteiger partial charge is 0.497 e. The summed E-state index contributed by atoms with van der Waals surface area (Å²) in [7, 11) is 3.02. The van der Waals surface area contributed by atoms with Crippen molar-refractivity contribution in [3.8, 4) is 5.75 Å². The van der Waals surface area contributed by atoms with Gasteiger partial charge >= 0.3 is 6.03 Å². The Morgan fingerprint density at radius 2 is 1.93 bits per heavy atom. The number of urea groups is 1. The van der Waals surface area contributed by atoms with Crippen molar-refractivity contribution < 1.29 is 23.9 Å². The maximum Gasteiger partial charge on any atom is 0.325 e. The van der Waals surface area contributed by atoms with Gasteiger partial charge in [0.15, 0.2) is 0 Å². The lowest BCUT2D eigenvalue weighted by Gasteiger charge is -2.26. The fourth-order valence-corrected chi connectivity index (χ4v) is 3.35. The highest BCUT2D eigenvalue weighted by Crippen LogP contribution is 2.33. The molecule has 1 saturated heterocycles. The van der Waals surface area contributed by atoms with E-state index in [-0.39, 0.29) is 18.5 Å². The number of hydrogen-bond acceptors (Lipinski definition) is 5. The molecule has 1 heterocycles. The number of ether oxygens (including phenoxy) is 1. The van der Waals surface area contributed by atoms with E-state index in [4.69, 9.17) is 4.74 Å². The minimum Gasteiger partial charge on any atom is -0.497 e. The van der Waals surface area contributed by atoms with Crippen molar-refractivity contribution in [2.45, 2.75) is 37.8 Å². The molecule has 2 aliphatic rings. The number of hydrogen-bond donors (Lipinski definition) is 2. The molecule has 0 aromatic heterocycles. The first kappa shape index (κ1) is 20.6. The van der Waals surface area contributed by atoms with E-state index < -0.39 is 29.9 Å². The summed E-state index contributed by atoms with van der Waals surface area (Å²) >= 11 is 0. The molecule has 1 aliphatic carbocycles. The van der Waals surface area contributed by atoms with Crippen LogP contribution in [0.1, 0.15) is 31.7 Å². The van der Waals surface area contributed by atoms with Crippen molar-refractivity contribution in [1.29, 1.82) is 0 Å². The van der Waals surface area contributed by atoms with Crippen molar-refractivity contribution in [3.63, 3.8) is 0 Å². The summed E-state index contributed by atoms with van der Waals surface area (Å²) in [6.07, 6.45) is 2.24. The number of carbonyl (C=O) groups is 4. The first-order valence-electron chi connectivity index (χ1n) is 9.62. The second kappa shape index (κ2) is 8.10. The standard InChI is InChI=1S/C20H26N4O5/c1-4-20(13-5-9-15(29-3)10-6-13)18(27)24(19(28)22-20)12-17(26)23(2)11-16(25)21-14-7-8-14/h5-6,9-10,14H,4,7-8,11-12H2,1-3H3,(H,21,25)(H,22,28)/t20-/m1/s1. The number of amides is 5. The van der Waals surface area contributed by atoms with E-state index in [2.05, 4.69) is 10.6 Å². The summed E-state index contributed by atoms with van der Waals surface area (Å²) in [5.41, 5.74) is -0.614. The fraction of sp³-hybridized carbons (Fsp3) is 0.500. The number of imide groups is 1. The fourth-order valence-electron chi connectivity index (χ4n) is 3.35. The second-order valence-electron chi connectivity index (χ2n) is 7.40. The van der Waals surface area contributed by atoms with Gasteiger partial charge in [0.05, 0.1) is 13.7 Å². The maximum absolute atomic E-state index is 13.1. The maximum atomic E-state index is 13.1. The van der Waals surface area contributed by atoms with Gasteiger partial charge in [-0.2, -0.15) is 0 Å². The zero-order chi connectivity index (χ0) is 21.2. The van der Waals surface area contributed by atoms with Crippen LogP contribution in [0, 0.1) is 0 Å². The van der Waals surface area contributed by atoms with Gasteiger partial charge < -0.3 is 20.3 Å². The van der Waals surface area contributed by atoms with Gasteiger partial charge in [-0.3, -0.25) is 19.3 Å². The Morgan fingerprint density at radius 1 is 1.28 bits per heavy atom. The van der Waals surface area contributed by atoms with E-state index >= 15 is 0 Å². The van der Waals surface area contributed by atoms with Gasteiger partial charge in [0, 0.05) is 13.1 Å². The molecule has 9 heteroatoms. The van der Waals surface area contributed by atoms with E-state index in [1.54, 1.807) is 38.3 Å². The molecule has 0 radical (unpaired) electrons. The highest BCUT2D eigenvalue weighted by Gasteiger charge is 2.51. The van der Waals surface area contributed by atoms with Gasteiger partial charge in [-0.15, -0.1) is 0 Å². The van der Waals surface area contributed by atoms with Crippen LogP contribution >= 0.6 is 0 Å². The van der Waals surface area contributed by atoms with Crippen molar-refractivity contribution in [2.75, 3.05) is 27.2 Å². The van der Waals surface area contributed by atoms with Crippen molar-refractivity contribution >= 4 is 23.8 Å². The van der Waals surface area contributed by atoms with Crippen LogP contribution in [0.2, 0.25) is 0 Å². The van der Waals surface area contributed by atoms with E-state index in [1.807, 2.05) is 0 Å². The summed E-state index contributed by atoms with van der Waals surface area (Å²) in [5, 5.41) is 5.54. The Balaban J connectivity index is 1.69. The van der Waals surface area contributed by atoms with Gasteiger partial charge in [0.1, 0.15) is 17.8 Å². The molecule has 0 spiro atoms. The third-order valence-corrected chi connectivity index (χ3v) is 5.33. The van der Waals surface area contributed by atoms with Crippen molar-refractivity contribution in [1.82, 2.24) is 20.4 Å². The smallest absolute Gasteiger partial charge is 0.325 e. The highest BCUT2D eigenvalue weighted by molar-refractivity contribution is 6.09. The zero-order valence-corrected chi connectivity index (χ0v) is 16.9. The van der Waals surface area contributed by atoms with E-state index in [9.17, 15) is 19.2 Å². The van der Waals surface area contributed by atoms with Crippen LogP contribution in [-0.4, -0.2) is 66.8 Å². The van der Waals surface area contributed by atoms with Crippen molar-refractivity contribution in [3.05, 3.63) is 29.8 Å². The average Bonchev–Trinajstić information content (AvgIpc) is 3.49. The third kappa shape index (κ3) is 4.18. The molecule has 1 aliphatic heterocycles. The van der Waals surface area contributed by atoms with Crippen LogP contribution in [0.4, 0.5) is 4.79 Å². The zero-order valence-electron chi connectivity index (χ0n) is 16.9. The van der Waals surface area contributed by atoms with E-state index in [1.165, 1.54) is 11.9 Å². The molecular formula is C20H26N4O5. The van der Waals surface area contributed by atoms with Gasteiger partial charge in [0.2, 0.25) is 11.8 Å². The van der Waals surface area contributed by atoms with Gasteiger partial charge in [0.25, 0.3) is 5.91 Å². The molecule has 9 nitrogen and oxygen atoms in total. The number of carbonyl (C=O) groups excluding carboxylic acids is 4. The number of likely N-dealkylation sites (N-methyl/N-ethyl adjacent to an activating group) is 1. The molecule has 1 aromatic carbocycles. The molecule has 0 unspecified atom stereocenters. The third-order valence-electron chi connectivity index (χ3n) is 5.33. The first-order chi connectivity index (χ1) is 13.8. The van der Waals surface area contributed by atoms with Crippen LogP contribution < -0.4 is 15.4 Å². The predicted octanol–water partition coefficient (Wildman–Crippen LogP) is 0.589. The molecule has 2 N–H and O–H groups in total. The van der Waals surface area contributed by atoms with Crippen LogP contribution in [0.3, 0.4) is 0 Å². The lowest BCUT2D eigenvalue weighted by atomic mass is 9.87. The summed E-state index contributed by atoms with van der Waals surface area (Å²) in [5.74, 6) is -0.586. The average molecular weight is 402 g/mol. The Bertz CT molecular complexity index is 821. The molecule has 1 atom stereocenters. The SMILES string of the molecule is CC[C@]1(c2ccc(OC)cc2)NC(=O)N(CC(=O)N(C)CC(=O)NC2CC2)C1=O. The molecule has 29 heavy (non-hydrogen) atoms. The summed E-state index contributed by atoms with van der Waals surface area (Å²) in [6, 6.07) is 6.45. The monoisotopic (exact) mass is 402 g/mol. The topological polar surface area (TPSA) is 108 Å². The number of nitrogens with one attached hydrogen (secondary N) is 2. The Morgan fingerprint density at radius 3 is 2.48 bits per heavy atom. The molecular weight excluding hydrogens is 376 g/mol. The van der Waals surface area contributed by atoms with Gasteiger partial charge in [-0.1, -0.05) is 19.1 Å². The number of methoxy groups -OCH3 is 1. The van der Waals surface area contributed by atoms with E-state index in [0.717, 1.165) is 17.7 Å². The van der Waals surface area contributed by atoms with Crippen LogP contribution in [-0.2, 0) is 19.9 Å². The Kier molecular flexibility index (Phi) is 5.76. The minimum absolute atomic E-state index is 0.115. The Hall–Kier alpha value is -3.10. The van der Waals surface area contributed by atoms with Gasteiger partial charge in [-0.05, 0) is 37.0 Å². The molecule has 0 bridgehead atoms. The summed E-state index contributed by atoms with van der Waals surface area (Å²) in [4.78, 5) is 52.1. The molecule has 156 valence electrons. The molecule has 5 amide bonds. The molecule has 1 aromatic rings. The predicted molar refractivity (Wildman–Crippen MR) is 104 cm³/mol. The van der Waals surface area contributed by atoms with Crippen LogP contribution in [0.15, 0.2) is 24.3 Å². The number of rotatable bonds is 8. The summed E-state index contributed by atoms with van der Waals surface area (Å²) in [6.45, 7) is 1.26. The first-order valence-corrected chi connectivity index (χ1v) is 9.62. The second-order valence-corrected chi connectivity index (χ2v) is 7.40. The van der Waals surface area contributed by atoms with Crippen LogP contribution in [0.25, 0.3) is 0 Å². The highest BCUT2D eigenvalue weighted by atomic mass is 16.5. The van der Waals surface area contributed by atoms with Gasteiger partial charge in [-0.25, -0.2) is 4.79 Å². The van der Waals surface area contributed by atoms with E-state index in [0.29, 0.717) is 17.7 Å². The molecule has 3 rings (SSSR count). The van der Waals surface area contributed by atoms with Crippen LogP contribution in [0.5, 0.6) is 5.75 Å². The quantitative estimate of drug-likeness (QED) is 0.619.